The first-order valence-corrected chi connectivity index (χ1v) is 50.7. The van der Waals surface area contributed by atoms with Gasteiger partial charge < -0.3 is 14.2 Å². The minimum Gasteiger partial charge on any atom is -0.463 e. The number of hydrogen-bond acceptors (Lipinski definition) is 10. The average molecular weight is 1570 g/mol. The fourth-order valence-electron chi connectivity index (χ4n) is 15.7. The van der Waals surface area contributed by atoms with Crippen molar-refractivity contribution < 1.29 is 46.7 Å². The highest BCUT2D eigenvalue weighted by molar-refractivity contribution is 7.48. The fraction of sp³-hybridized carbons (Fsp3) is 0.909. The fourth-order valence-corrected chi connectivity index (χ4v) is 17.0. The van der Waals surface area contributed by atoms with E-state index in [1.807, 2.05) is 0 Å². The average Bonchev–Trinajstić information content (AvgIpc) is 0.901. The lowest BCUT2D eigenvalue weighted by molar-refractivity contribution is -0.138. The van der Waals surface area contributed by atoms with Crippen molar-refractivity contribution in [2.45, 2.75) is 539 Å². The van der Waals surface area contributed by atoms with Crippen molar-refractivity contribution >= 4 is 25.7 Å². The van der Waals surface area contributed by atoms with Crippen LogP contribution in [0.5, 0.6) is 0 Å². The van der Waals surface area contributed by atoms with Crippen LogP contribution in [-0.2, 0) is 46.7 Å². The highest BCUT2D eigenvalue weighted by Crippen LogP contribution is 2.50. The third-order valence-corrected chi connectivity index (χ3v) is 24.6. The van der Waals surface area contributed by atoms with Crippen LogP contribution in [0.3, 0.4) is 0 Å². The second-order valence-corrected chi connectivity index (χ2v) is 35.4. The summed E-state index contributed by atoms with van der Waals surface area (Å²) in [7, 11) is -3.56. The van der Waals surface area contributed by atoms with Gasteiger partial charge in [0.15, 0.2) is 0 Å². The Morgan fingerprint density at radius 3 is 0.327 bits per heavy atom. The molecule has 0 heterocycles. The molecule has 0 amide bonds. The van der Waals surface area contributed by atoms with Crippen LogP contribution < -0.4 is 0 Å². The van der Waals surface area contributed by atoms with E-state index in [-0.39, 0.29) is 17.9 Å². The molecule has 0 N–H and O–H groups in total. The Kier molecular flexibility index (Phi) is 93.6. The molecule has 11 heteroatoms. The minimum atomic E-state index is -3.56. The number of carbonyl (C=O) groups excluding carboxylic acids is 3. The predicted molar refractivity (Wildman–Crippen MR) is 477 cm³/mol. The number of phosphoric acid groups is 1. The van der Waals surface area contributed by atoms with Gasteiger partial charge in [-0.2, -0.15) is 0 Å². The number of unbranched alkanes of at least 4 members (excludes halogenated alkanes) is 81. The zero-order valence-electron chi connectivity index (χ0n) is 73.5. The first-order chi connectivity index (χ1) is 54.4. The second kappa shape index (κ2) is 95.6. The monoisotopic (exact) mass is 1570 g/mol. The van der Waals surface area contributed by atoms with Crippen LogP contribution in [-0.4, -0.2) is 57.5 Å². The van der Waals surface area contributed by atoms with Gasteiger partial charge in [-0.1, -0.05) is 521 Å². The zero-order valence-corrected chi connectivity index (χ0v) is 74.4. The summed E-state index contributed by atoms with van der Waals surface area (Å²) in [4.78, 5) is 33.2. The molecule has 10 nitrogen and oxygen atoms in total. The molecule has 0 aromatic heterocycles. The first kappa shape index (κ1) is 108. The van der Waals surface area contributed by atoms with Crippen molar-refractivity contribution in [3.63, 3.8) is 0 Å². The molecule has 0 aliphatic carbocycles. The van der Waals surface area contributed by atoms with Gasteiger partial charge in [-0.05, 0) is 38.5 Å². The van der Waals surface area contributed by atoms with Crippen molar-refractivity contribution in [2.75, 3.05) is 39.6 Å². The lowest BCUT2D eigenvalue weighted by atomic mass is 10.0. The van der Waals surface area contributed by atoms with E-state index >= 15 is 0 Å². The molecule has 0 radical (unpaired) electrons. The molecule has 0 fully saturated rings. The van der Waals surface area contributed by atoms with Crippen molar-refractivity contribution in [3.8, 4) is 0 Å². The van der Waals surface area contributed by atoms with Crippen LogP contribution >= 0.6 is 7.82 Å². The molecular formula is C99H189O10P. The Labute approximate surface area is 685 Å². The Hall–Kier alpha value is -2.26. The molecule has 0 saturated carbocycles. The van der Waals surface area contributed by atoms with Gasteiger partial charge in [0.1, 0.15) is 0 Å². The van der Waals surface area contributed by atoms with E-state index in [1.54, 1.807) is 0 Å². The summed E-state index contributed by atoms with van der Waals surface area (Å²) < 4.78 is 47.2. The topological polar surface area (TPSA) is 124 Å². The van der Waals surface area contributed by atoms with Crippen LogP contribution in [0.2, 0.25) is 0 Å². The van der Waals surface area contributed by atoms with Crippen molar-refractivity contribution in [1.82, 2.24) is 0 Å². The smallest absolute Gasteiger partial charge is 0.463 e. The molecule has 650 valence electrons. The highest BCUT2D eigenvalue weighted by Gasteiger charge is 2.26. The van der Waals surface area contributed by atoms with Crippen LogP contribution in [0.25, 0.3) is 0 Å². The quantitative estimate of drug-likeness (QED) is 0.0191. The summed E-state index contributed by atoms with van der Waals surface area (Å²) in [6.07, 6.45) is 116. The molecule has 0 spiro atoms. The molecule has 0 saturated heterocycles. The van der Waals surface area contributed by atoms with Gasteiger partial charge in [-0.25, -0.2) is 18.9 Å². The zero-order chi connectivity index (χ0) is 79.2. The molecule has 0 aliphatic rings. The van der Waals surface area contributed by atoms with Crippen molar-refractivity contribution in [1.29, 1.82) is 0 Å². The lowest BCUT2D eigenvalue weighted by Gasteiger charge is -2.18. The summed E-state index contributed by atoms with van der Waals surface area (Å²) in [5.74, 6) is -0.911. The largest absolute Gasteiger partial charge is 0.474 e. The molecule has 0 bridgehead atoms. The van der Waals surface area contributed by atoms with E-state index in [4.69, 9.17) is 27.8 Å². The number of phosphoric ester groups is 1. The molecular weight excluding hydrogens is 1380 g/mol. The van der Waals surface area contributed by atoms with Gasteiger partial charge in [-0.3, -0.25) is 13.6 Å². The van der Waals surface area contributed by atoms with Crippen LogP contribution in [0.1, 0.15) is 539 Å². The number of carbonyl (C=O) groups is 3. The lowest BCUT2D eigenvalue weighted by Crippen LogP contribution is -2.04. The third-order valence-electron chi connectivity index (χ3n) is 23.1. The molecule has 0 aromatic carbocycles. The minimum absolute atomic E-state index is 0.304. The van der Waals surface area contributed by atoms with Crippen LogP contribution in [0.15, 0.2) is 38.0 Å². The summed E-state index contributed by atoms with van der Waals surface area (Å²) in [6, 6.07) is 0. The van der Waals surface area contributed by atoms with Gasteiger partial charge in [-0.15, -0.1) is 0 Å². The summed E-state index contributed by atoms with van der Waals surface area (Å²) in [6.45, 7) is 13.3. The SMILES string of the molecule is C=CC(=O)OCCCCCCCCCCCCCCCCCCCCCCCCCCCCCCOP(=O)(OCCCCCCCCCCCCCCCCCCCCCCCCCCCCCCOC(=O)C=C)OCCCCCCCCCCCCCCCCCCCCCCCCCCCCCCOC(=O)C=C. The number of ether oxygens (including phenoxy) is 3. The first-order valence-electron chi connectivity index (χ1n) is 49.3. The van der Waals surface area contributed by atoms with Crippen LogP contribution in [0.4, 0.5) is 0 Å². The Bertz CT molecular complexity index is 1700. The summed E-state index contributed by atoms with van der Waals surface area (Å²) in [5.41, 5.74) is 0. The summed E-state index contributed by atoms with van der Waals surface area (Å²) >= 11 is 0. The Morgan fingerprint density at radius 1 is 0.155 bits per heavy atom. The van der Waals surface area contributed by atoms with E-state index in [1.165, 1.54) is 481 Å². The maximum Gasteiger partial charge on any atom is 0.474 e. The maximum absolute atomic E-state index is 13.9. The molecule has 0 atom stereocenters. The van der Waals surface area contributed by atoms with E-state index in [0.29, 0.717) is 39.6 Å². The van der Waals surface area contributed by atoms with E-state index in [2.05, 4.69) is 19.7 Å². The number of esters is 3. The van der Waals surface area contributed by atoms with Gasteiger partial charge in [0.2, 0.25) is 0 Å². The molecule has 0 aromatic rings. The maximum atomic E-state index is 13.9. The number of hydrogen-bond donors (Lipinski definition) is 0. The standard InChI is InChI=1S/C99H189O10P/c1-4-97(100)104-91-85-79-73-67-61-55-49-43-37-31-25-19-13-7-10-16-22-28-34-40-46-52-58-64-70-76-82-88-94-107-110(103,108-95-89-83-77-71-65-59-53-47-41-35-29-23-17-11-8-14-20-26-32-38-44-50-56-62-68-74-80-86-92-105-98(101)5-2)109-96-90-84-78-72-66-60-54-48-42-36-30-24-18-12-9-15-21-27-33-39-45-51-57-63-69-75-81-87-93-106-99(102)6-3/h4-6H,1-3,7-96H2. The van der Waals surface area contributed by atoms with E-state index in [9.17, 15) is 18.9 Å². The van der Waals surface area contributed by atoms with Crippen LogP contribution in [0, 0.1) is 0 Å². The molecule has 110 heavy (non-hydrogen) atoms. The third kappa shape index (κ3) is 92.9. The summed E-state index contributed by atoms with van der Waals surface area (Å²) in [5, 5.41) is 0. The molecule has 0 rings (SSSR count). The van der Waals surface area contributed by atoms with Gasteiger partial charge in [0, 0.05) is 18.2 Å². The van der Waals surface area contributed by atoms with Gasteiger partial charge in [0.25, 0.3) is 0 Å². The Balaban J connectivity index is 4.11. The highest BCUT2D eigenvalue weighted by atomic mass is 31.2. The van der Waals surface area contributed by atoms with Crippen molar-refractivity contribution in [3.05, 3.63) is 38.0 Å². The molecule has 0 unspecified atom stereocenters. The molecule has 0 aliphatic heterocycles. The number of rotatable bonds is 99. The van der Waals surface area contributed by atoms with Crippen molar-refractivity contribution in [2.24, 2.45) is 0 Å². The normalized spacial score (nSPS) is 11.6. The van der Waals surface area contributed by atoms with Gasteiger partial charge in [0.05, 0.1) is 39.6 Å². The van der Waals surface area contributed by atoms with Gasteiger partial charge >= 0.3 is 25.7 Å². The Morgan fingerprint density at radius 2 is 0.236 bits per heavy atom. The van der Waals surface area contributed by atoms with E-state index in [0.717, 1.165) is 77.0 Å². The second-order valence-electron chi connectivity index (χ2n) is 33.8. The predicted octanol–water partition coefficient (Wildman–Crippen LogP) is 34.1. The van der Waals surface area contributed by atoms with E-state index < -0.39 is 7.82 Å².